The number of carbonyl (C=O) groups is 2. The third-order valence-corrected chi connectivity index (χ3v) is 5.93. The summed E-state index contributed by atoms with van der Waals surface area (Å²) in [6, 6.07) is 0.997. The van der Waals surface area contributed by atoms with Crippen LogP contribution in [0.25, 0.3) is 4.96 Å². The van der Waals surface area contributed by atoms with Crippen LogP contribution in [0.15, 0.2) is 22.4 Å². The number of hydrogen-bond acceptors (Lipinski definition) is 5. The van der Waals surface area contributed by atoms with E-state index < -0.39 is 5.54 Å². The summed E-state index contributed by atoms with van der Waals surface area (Å²) in [6.07, 6.45) is 5.28. The van der Waals surface area contributed by atoms with Crippen molar-refractivity contribution in [1.29, 1.82) is 0 Å². The minimum absolute atomic E-state index is 0.0305. The van der Waals surface area contributed by atoms with Crippen LogP contribution < -0.4 is 10.9 Å². The first kappa shape index (κ1) is 15.3. The number of hydrogen-bond donors (Lipinski definition) is 1. The van der Waals surface area contributed by atoms with Crippen molar-refractivity contribution in [3.8, 4) is 0 Å². The lowest BCUT2D eigenvalue weighted by Gasteiger charge is -2.36. The van der Waals surface area contributed by atoms with Crippen molar-refractivity contribution in [2.45, 2.75) is 44.7 Å². The van der Waals surface area contributed by atoms with Gasteiger partial charge < -0.3 is 5.32 Å². The summed E-state index contributed by atoms with van der Waals surface area (Å²) in [6.45, 7) is 2.05. The Labute approximate surface area is 142 Å². The molecule has 3 heterocycles. The van der Waals surface area contributed by atoms with Gasteiger partial charge in [-0.15, -0.1) is 11.3 Å². The van der Waals surface area contributed by atoms with Crippen LogP contribution in [0.1, 0.15) is 38.3 Å². The quantitative estimate of drug-likeness (QED) is 0.840. The number of rotatable bonds is 2. The number of aromatic nitrogens is 2. The Balaban J connectivity index is 1.65. The van der Waals surface area contributed by atoms with Crippen LogP contribution in [0.4, 0.5) is 4.79 Å². The molecular formula is C16H18N4O3S. The van der Waals surface area contributed by atoms with Crippen molar-refractivity contribution in [1.82, 2.24) is 19.6 Å². The number of amides is 3. The Bertz CT molecular complexity index is 889. The summed E-state index contributed by atoms with van der Waals surface area (Å²) < 4.78 is 1.45. The SMILES string of the molecule is C[C@@H]1CCCC[C@]12NC(=O)N(Cc1cc(=O)n3ccsc3n1)C2=O. The summed E-state index contributed by atoms with van der Waals surface area (Å²) in [5, 5.41) is 4.69. The van der Waals surface area contributed by atoms with Gasteiger partial charge in [-0.3, -0.25) is 18.9 Å². The van der Waals surface area contributed by atoms with Crippen molar-refractivity contribution in [3.05, 3.63) is 33.7 Å². The summed E-state index contributed by atoms with van der Waals surface area (Å²) in [7, 11) is 0. The first-order chi connectivity index (χ1) is 11.5. The predicted octanol–water partition coefficient (Wildman–Crippen LogP) is 1.76. The van der Waals surface area contributed by atoms with E-state index in [9.17, 15) is 14.4 Å². The van der Waals surface area contributed by atoms with E-state index in [-0.39, 0.29) is 30.0 Å². The normalized spacial score (nSPS) is 27.2. The van der Waals surface area contributed by atoms with Crippen molar-refractivity contribution in [2.75, 3.05) is 0 Å². The Morgan fingerprint density at radius 2 is 2.21 bits per heavy atom. The number of nitrogens with zero attached hydrogens (tertiary/aromatic N) is 3. The monoisotopic (exact) mass is 346 g/mol. The van der Waals surface area contributed by atoms with Crippen LogP contribution in [-0.2, 0) is 11.3 Å². The van der Waals surface area contributed by atoms with Gasteiger partial charge in [-0.2, -0.15) is 0 Å². The Kier molecular flexibility index (Phi) is 3.45. The molecule has 126 valence electrons. The van der Waals surface area contributed by atoms with Crippen LogP contribution in [0.2, 0.25) is 0 Å². The molecule has 1 saturated heterocycles. The molecule has 2 atom stereocenters. The molecular weight excluding hydrogens is 328 g/mol. The molecule has 0 radical (unpaired) electrons. The van der Waals surface area contributed by atoms with Gasteiger partial charge >= 0.3 is 6.03 Å². The zero-order valence-electron chi connectivity index (χ0n) is 13.3. The molecule has 0 aromatic carbocycles. The molecule has 2 fully saturated rings. The van der Waals surface area contributed by atoms with Gasteiger partial charge in [0.2, 0.25) is 0 Å². The zero-order chi connectivity index (χ0) is 16.9. The van der Waals surface area contributed by atoms with Gasteiger partial charge in [0.25, 0.3) is 11.5 Å². The molecule has 4 rings (SSSR count). The van der Waals surface area contributed by atoms with Crippen LogP contribution in [0.3, 0.4) is 0 Å². The topological polar surface area (TPSA) is 83.8 Å². The minimum atomic E-state index is -0.780. The predicted molar refractivity (Wildman–Crippen MR) is 88.8 cm³/mol. The summed E-state index contributed by atoms with van der Waals surface area (Å²) in [4.78, 5) is 43.6. The molecule has 1 aliphatic heterocycles. The van der Waals surface area contributed by atoms with Crippen molar-refractivity contribution in [3.63, 3.8) is 0 Å². The van der Waals surface area contributed by atoms with Gasteiger partial charge in [-0.25, -0.2) is 9.78 Å². The Morgan fingerprint density at radius 1 is 1.38 bits per heavy atom. The van der Waals surface area contributed by atoms with E-state index in [0.717, 1.165) is 19.3 Å². The average Bonchev–Trinajstić information content (AvgIpc) is 3.10. The van der Waals surface area contributed by atoms with E-state index in [2.05, 4.69) is 10.3 Å². The highest BCUT2D eigenvalue weighted by Gasteiger charge is 2.54. The van der Waals surface area contributed by atoms with E-state index in [1.54, 1.807) is 11.6 Å². The lowest BCUT2D eigenvalue weighted by molar-refractivity contribution is -0.134. The molecule has 7 nitrogen and oxygen atoms in total. The highest BCUT2D eigenvalue weighted by atomic mass is 32.1. The maximum atomic E-state index is 12.9. The summed E-state index contributed by atoms with van der Waals surface area (Å²) in [5.41, 5.74) is -0.548. The van der Waals surface area contributed by atoms with Crippen molar-refractivity contribution < 1.29 is 9.59 Å². The fourth-order valence-corrected chi connectivity index (χ4v) is 4.51. The molecule has 1 N–H and O–H groups in total. The lowest BCUT2D eigenvalue weighted by atomic mass is 9.73. The number of carbonyl (C=O) groups excluding carboxylic acids is 2. The van der Waals surface area contributed by atoms with E-state index in [1.165, 1.54) is 26.7 Å². The fourth-order valence-electron chi connectivity index (χ4n) is 3.77. The van der Waals surface area contributed by atoms with Crippen LogP contribution in [-0.4, -0.2) is 31.8 Å². The number of nitrogens with one attached hydrogen (secondary N) is 1. The highest BCUT2D eigenvalue weighted by Crippen LogP contribution is 2.38. The molecule has 2 aliphatic rings. The molecule has 2 aromatic heterocycles. The second-order valence-corrected chi connectivity index (χ2v) is 7.45. The number of thiazole rings is 1. The van der Waals surface area contributed by atoms with Gasteiger partial charge in [0.1, 0.15) is 5.54 Å². The maximum absolute atomic E-state index is 12.9. The van der Waals surface area contributed by atoms with Gasteiger partial charge in [0.05, 0.1) is 12.2 Å². The molecule has 3 amide bonds. The van der Waals surface area contributed by atoms with Crippen LogP contribution in [0.5, 0.6) is 0 Å². The molecule has 24 heavy (non-hydrogen) atoms. The number of urea groups is 1. The largest absolute Gasteiger partial charge is 0.325 e. The van der Waals surface area contributed by atoms with Gasteiger partial charge in [0, 0.05) is 17.6 Å². The van der Waals surface area contributed by atoms with Gasteiger partial charge in [-0.05, 0) is 18.8 Å². The van der Waals surface area contributed by atoms with Crippen molar-refractivity contribution in [2.24, 2.45) is 5.92 Å². The summed E-state index contributed by atoms with van der Waals surface area (Å²) >= 11 is 1.34. The smallest absolute Gasteiger partial charge is 0.323 e. The Hall–Kier alpha value is -2.22. The first-order valence-electron chi connectivity index (χ1n) is 8.11. The van der Waals surface area contributed by atoms with E-state index in [1.807, 2.05) is 6.92 Å². The molecule has 1 saturated carbocycles. The highest BCUT2D eigenvalue weighted by molar-refractivity contribution is 7.15. The minimum Gasteiger partial charge on any atom is -0.323 e. The molecule has 2 aromatic rings. The van der Waals surface area contributed by atoms with Crippen molar-refractivity contribution >= 4 is 28.2 Å². The molecule has 1 spiro atoms. The first-order valence-corrected chi connectivity index (χ1v) is 8.99. The molecule has 1 aliphatic carbocycles. The summed E-state index contributed by atoms with van der Waals surface area (Å²) in [5.74, 6) is -0.0704. The maximum Gasteiger partial charge on any atom is 0.325 e. The molecule has 8 heteroatoms. The zero-order valence-corrected chi connectivity index (χ0v) is 14.1. The molecule has 0 unspecified atom stereocenters. The fraction of sp³-hybridized carbons (Fsp3) is 0.500. The van der Waals surface area contributed by atoms with E-state index in [4.69, 9.17) is 0 Å². The average molecular weight is 346 g/mol. The van der Waals surface area contributed by atoms with Crippen LogP contribution >= 0.6 is 11.3 Å². The van der Waals surface area contributed by atoms with Gasteiger partial charge in [0.15, 0.2) is 4.96 Å². The number of fused-ring (bicyclic) bond motifs is 1. The lowest BCUT2D eigenvalue weighted by Crippen LogP contribution is -2.53. The second kappa shape index (κ2) is 5.41. The third-order valence-electron chi connectivity index (χ3n) is 5.18. The second-order valence-electron chi connectivity index (χ2n) is 6.58. The van der Waals surface area contributed by atoms with Gasteiger partial charge in [-0.1, -0.05) is 19.8 Å². The van der Waals surface area contributed by atoms with Crippen LogP contribution in [0, 0.1) is 5.92 Å². The van der Waals surface area contributed by atoms with E-state index in [0.29, 0.717) is 17.1 Å². The Morgan fingerprint density at radius 3 is 3.00 bits per heavy atom. The number of imide groups is 1. The standard InChI is InChI=1S/C16H18N4O3S/c1-10-4-2-3-5-16(10)13(22)20(14(23)18-16)9-11-8-12(21)19-6-7-24-15(19)17-11/h6-8,10H,2-5,9H2,1H3,(H,18,23)/t10-,16+/m1/s1. The van der Waals surface area contributed by atoms with E-state index >= 15 is 0 Å². The molecule has 0 bridgehead atoms. The third kappa shape index (κ3) is 2.16.